The Morgan fingerprint density at radius 2 is 2.00 bits per heavy atom. The van der Waals surface area contributed by atoms with Gasteiger partial charge in [0.15, 0.2) is 0 Å². The van der Waals surface area contributed by atoms with Crippen LogP contribution in [0.3, 0.4) is 0 Å². The molecule has 3 rings (SSSR count). The summed E-state index contributed by atoms with van der Waals surface area (Å²) in [6, 6.07) is 15.8. The Hall–Kier alpha value is -2.26. The SMILES string of the molecule is COC(=O)N1C=CC(Cc2ccccc2)c2cc(Cl)ccc21. The summed E-state index contributed by atoms with van der Waals surface area (Å²) in [5.74, 6) is 0.178. The van der Waals surface area contributed by atoms with E-state index < -0.39 is 6.09 Å². The summed E-state index contributed by atoms with van der Waals surface area (Å²) < 4.78 is 4.83. The average Bonchev–Trinajstić information content (AvgIpc) is 2.55. The molecule has 0 radical (unpaired) electrons. The van der Waals surface area contributed by atoms with Gasteiger partial charge in [-0.1, -0.05) is 48.0 Å². The Morgan fingerprint density at radius 1 is 1.23 bits per heavy atom. The summed E-state index contributed by atoms with van der Waals surface area (Å²) in [6.45, 7) is 0. The highest BCUT2D eigenvalue weighted by atomic mass is 35.5. The molecule has 0 aromatic heterocycles. The van der Waals surface area contributed by atoms with Crippen molar-refractivity contribution in [3.63, 3.8) is 0 Å². The van der Waals surface area contributed by atoms with Gasteiger partial charge in [0.25, 0.3) is 0 Å². The third-order valence-electron chi connectivity index (χ3n) is 3.79. The summed E-state index contributed by atoms with van der Waals surface area (Å²) in [5.41, 5.74) is 3.10. The van der Waals surface area contributed by atoms with E-state index in [-0.39, 0.29) is 5.92 Å². The molecule has 0 saturated carbocycles. The Bertz CT molecular complexity index is 712. The molecule has 1 aliphatic heterocycles. The zero-order chi connectivity index (χ0) is 15.5. The van der Waals surface area contributed by atoms with Crippen LogP contribution in [-0.2, 0) is 11.2 Å². The van der Waals surface area contributed by atoms with Crippen LogP contribution in [0.15, 0.2) is 60.8 Å². The van der Waals surface area contributed by atoms with Crippen LogP contribution in [0, 0.1) is 0 Å². The van der Waals surface area contributed by atoms with E-state index in [1.54, 1.807) is 12.3 Å². The maximum Gasteiger partial charge on any atom is 0.418 e. The first-order valence-corrected chi connectivity index (χ1v) is 7.45. The Kier molecular flexibility index (Phi) is 4.16. The predicted molar refractivity (Wildman–Crippen MR) is 88.4 cm³/mol. The fourth-order valence-corrected chi connectivity index (χ4v) is 2.90. The number of fused-ring (bicyclic) bond motifs is 1. The number of allylic oxidation sites excluding steroid dienone is 1. The van der Waals surface area contributed by atoms with Crippen LogP contribution in [0.2, 0.25) is 5.02 Å². The first-order chi connectivity index (χ1) is 10.7. The molecule has 1 atom stereocenters. The molecule has 2 aromatic carbocycles. The Labute approximate surface area is 134 Å². The summed E-state index contributed by atoms with van der Waals surface area (Å²) in [5, 5.41) is 0.664. The lowest BCUT2D eigenvalue weighted by Crippen LogP contribution is -2.29. The third-order valence-corrected chi connectivity index (χ3v) is 4.02. The van der Waals surface area contributed by atoms with Crippen molar-refractivity contribution >= 4 is 23.4 Å². The first-order valence-electron chi connectivity index (χ1n) is 7.08. The molecule has 112 valence electrons. The number of anilines is 1. The van der Waals surface area contributed by atoms with E-state index in [1.807, 2.05) is 36.4 Å². The number of methoxy groups -OCH3 is 1. The lowest BCUT2D eigenvalue weighted by atomic mass is 9.88. The molecular formula is C18H16ClNO2. The molecular weight excluding hydrogens is 298 g/mol. The van der Waals surface area contributed by atoms with Crippen molar-refractivity contribution in [2.45, 2.75) is 12.3 Å². The number of carbonyl (C=O) groups is 1. The molecule has 0 N–H and O–H groups in total. The van der Waals surface area contributed by atoms with E-state index in [0.717, 1.165) is 17.7 Å². The molecule has 0 aliphatic carbocycles. The summed E-state index contributed by atoms with van der Waals surface area (Å²) in [4.78, 5) is 13.4. The fourth-order valence-electron chi connectivity index (χ4n) is 2.72. The number of carbonyl (C=O) groups excluding carboxylic acids is 1. The van der Waals surface area contributed by atoms with Crippen LogP contribution >= 0.6 is 11.6 Å². The normalized spacial score (nSPS) is 16.3. The van der Waals surface area contributed by atoms with Gasteiger partial charge < -0.3 is 4.74 Å². The molecule has 1 heterocycles. The minimum Gasteiger partial charge on any atom is -0.452 e. The molecule has 1 amide bonds. The largest absolute Gasteiger partial charge is 0.452 e. The van der Waals surface area contributed by atoms with E-state index in [4.69, 9.17) is 16.3 Å². The van der Waals surface area contributed by atoms with Crippen LogP contribution in [0.1, 0.15) is 17.0 Å². The van der Waals surface area contributed by atoms with Crippen LogP contribution in [0.25, 0.3) is 0 Å². The zero-order valence-corrected chi connectivity index (χ0v) is 13.0. The van der Waals surface area contributed by atoms with E-state index >= 15 is 0 Å². The number of hydrogen-bond donors (Lipinski definition) is 0. The van der Waals surface area contributed by atoms with Gasteiger partial charge in [0.05, 0.1) is 12.8 Å². The first kappa shape index (κ1) is 14.7. The van der Waals surface area contributed by atoms with E-state index in [0.29, 0.717) is 5.02 Å². The van der Waals surface area contributed by atoms with Crippen LogP contribution < -0.4 is 4.90 Å². The van der Waals surface area contributed by atoms with Crippen molar-refractivity contribution in [3.8, 4) is 0 Å². The summed E-state index contributed by atoms with van der Waals surface area (Å²) in [7, 11) is 1.38. The minimum atomic E-state index is -0.405. The Balaban J connectivity index is 1.97. The summed E-state index contributed by atoms with van der Waals surface area (Å²) >= 11 is 6.15. The maximum absolute atomic E-state index is 11.9. The van der Waals surface area contributed by atoms with Crippen LogP contribution in [0.5, 0.6) is 0 Å². The van der Waals surface area contributed by atoms with Crippen molar-refractivity contribution < 1.29 is 9.53 Å². The average molecular weight is 314 g/mol. The molecule has 2 aromatic rings. The maximum atomic E-state index is 11.9. The highest BCUT2D eigenvalue weighted by Crippen LogP contribution is 2.37. The number of halogens is 1. The van der Waals surface area contributed by atoms with Gasteiger partial charge in [-0.25, -0.2) is 4.79 Å². The third kappa shape index (κ3) is 2.85. The van der Waals surface area contributed by atoms with Gasteiger partial charge in [-0.3, -0.25) is 4.90 Å². The molecule has 4 heteroatoms. The lowest BCUT2D eigenvalue weighted by Gasteiger charge is -2.28. The molecule has 0 fully saturated rings. The van der Waals surface area contributed by atoms with Gasteiger partial charge >= 0.3 is 6.09 Å². The van der Waals surface area contributed by atoms with E-state index in [9.17, 15) is 4.79 Å². The van der Waals surface area contributed by atoms with Crippen molar-refractivity contribution in [2.75, 3.05) is 12.0 Å². The molecule has 1 unspecified atom stereocenters. The number of nitrogens with zero attached hydrogens (tertiary/aromatic N) is 1. The van der Waals surface area contributed by atoms with Crippen molar-refractivity contribution in [3.05, 3.63) is 77.0 Å². The minimum absolute atomic E-state index is 0.178. The van der Waals surface area contributed by atoms with Gasteiger partial charge in [0.2, 0.25) is 0 Å². The standard InChI is InChI=1S/C18H16ClNO2/c1-22-18(21)20-10-9-14(11-13-5-3-2-4-6-13)16-12-15(19)7-8-17(16)20/h2-10,12,14H,11H2,1H3. The summed E-state index contributed by atoms with van der Waals surface area (Å²) in [6.07, 6.45) is 4.25. The number of hydrogen-bond acceptors (Lipinski definition) is 2. The predicted octanol–water partition coefficient (Wildman–Crippen LogP) is 4.77. The second-order valence-electron chi connectivity index (χ2n) is 5.18. The highest BCUT2D eigenvalue weighted by Gasteiger charge is 2.25. The topological polar surface area (TPSA) is 29.5 Å². The lowest BCUT2D eigenvalue weighted by molar-refractivity contribution is 0.181. The van der Waals surface area contributed by atoms with Gasteiger partial charge in [0.1, 0.15) is 0 Å². The second-order valence-corrected chi connectivity index (χ2v) is 5.62. The molecule has 0 saturated heterocycles. The second kappa shape index (κ2) is 6.24. The number of ether oxygens (including phenoxy) is 1. The molecule has 0 spiro atoms. The monoisotopic (exact) mass is 313 g/mol. The Morgan fingerprint density at radius 3 is 2.73 bits per heavy atom. The fraction of sp³-hybridized carbons (Fsp3) is 0.167. The van der Waals surface area contributed by atoms with Gasteiger partial charge in [0, 0.05) is 17.1 Å². The van der Waals surface area contributed by atoms with E-state index in [1.165, 1.54) is 17.6 Å². The zero-order valence-electron chi connectivity index (χ0n) is 12.2. The molecule has 22 heavy (non-hydrogen) atoms. The van der Waals surface area contributed by atoms with Gasteiger partial charge in [-0.05, 0) is 35.7 Å². The van der Waals surface area contributed by atoms with Gasteiger partial charge in [-0.2, -0.15) is 0 Å². The molecule has 1 aliphatic rings. The molecule has 3 nitrogen and oxygen atoms in total. The van der Waals surface area contributed by atoms with Crippen LogP contribution in [-0.4, -0.2) is 13.2 Å². The number of rotatable bonds is 2. The van der Waals surface area contributed by atoms with Crippen molar-refractivity contribution in [1.29, 1.82) is 0 Å². The number of benzene rings is 2. The molecule has 0 bridgehead atoms. The van der Waals surface area contributed by atoms with Crippen LogP contribution in [0.4, 0.5) is 10.5 Å². The smallest absolute Gasteiger partial charge is 0.418 e. The van der Waals surface area contributed by atoms with Gasteiger partial charge in [-0.15, -0.1) is 0 Å². The highest BCUT2D eigenvalue weighted by molar-refractivity contribution is 6.30. The quantitative estimate of drug-likeness (QED) is 0.799. The number of amides is 1. The van der Waals surface area contributed by atoms with Crippen molar-refractivity contribution in [2.24, 2.45) is 0 Å². The van der Waals surface area contributed by atoms with E-state index in [2.05, 4.69) is 12.1 Å². The van der Waals surface area contributed by atoms with Crippen molar-refractivity contribution in [1.82, 2.24) is 0 Å².